The third-order valence-electron chi connectivity index (χ3n) is 4.47. The zero-order valence-electron chi connectivity index (χ0n) is 15.0. The van der Waals surface area contributed by atoms with E-state index in [1.165, 1.54) is 15.3 Å². The van der Waals surface area contributed by atoms with Crippen LogP contribution in [-0.2, 0) is 13.1 Å². The van der Waals surface area contributed by atoms with Gasteiger partial charge < -0.3 is 0 Å². The summed E-state index contributed by atoms with van der Waals surface area (Å²) < 4.78 is 2.69. The van der Waals surface area contributed by atoms with Gasteiger partial charge in [0.15, 0.2) is 11.5 Å². The summed E-state index contributed by atoms with van der Waals surface area (Å²) in [4.78, 5) is 38.7. The number of halogens is 1. The summed E-state index contributed by atoms with van der Waals surface area (Å²) in [5.41, 5.74) is 1.07. The van der Waals surface area contributed by atoms with Crippen LogP contribution in [0.25, 0.3) is 22.4 Å². The van der Waals surface area contributed by atoms with Gasteiger partial charge in [0.05, 0.1) is 6.54 Å². The minimum absolute atomic E-state index is 0.162. The lowest BCUT2D eigenvalue weighted by atomic mass is 10.2. The average molecular weight is 394 g/mol. The fourth-order valence-electron chi connectivity index (χ4n) is 3.03. The van der Waals surface area contributed by atoms with Gasteiger partial charge in [0.1, 0.15) is 5.39 Å². The van der Waals surface area contributed by atoms with E-state index in [-0.39, 0.29) is 6.54 Å². The van der Waals surface area contributed by atoms with Crippen molar-refractivity contribution in [2.24, 2.45) is 0 Å². The highest BCUT2D eigenvalue weighted by Crippen LogP contribution is 2.19. The van der Waals surface area contributed by atoms with Crippen LogP contribution >= 0.6 is 11.6 Å². The molecule has 4 aromatic rings. The molecule has 0 fully saturated rings. The van der Waals surface area contributed by atoms with Crippen LogP contribution < -0.4 is 11.2 Å². The van der Waals surface area contributed by atoms with Crippen molar-refractivity contribution in [3.05, 3.63) is 86.4 Å². The lowest BCUT2D eigenvalue weighted by Crippen LogP contribution is -2.40. The Kier molecular flexibility index (Phi) is 4.75. The van der Waals surface area contributed by atoms with Crippen molar-refractivity contribution in [3.63, 3.8) is 0 Å². The second-order valence-corrected chi connectivity index (χ2v) is 6.65. The summed E-state index contributed by atoms with van der Waals surface area (Å²) in [5, 5.41) is 0.905. The molecule has 0 unspecified atom stereocenters. The average Bonchev–Trinajstić information content (AvgIpc) is 2.72. The number of rotatable bonds is 4. The van der Waals surface area contributed by atoms with Crippen LogP contribution in [-0.4, -0.2) is 24.1 Å². The van der Waals surface area contributed by atoms with Gasteiger partial charge in [0, 0.05) is 35.7 Å². The molecule has 8 heteroatoms. The fourth-order valence-corrected chi connectivity index (χ4v) is 3.16. The number of pyridine rings is 1. The molecule has 1 aromatic carbocycles. The molecule has 0 atom stereocenters. The molecule has 0 spiro atoms. The van der Waals surface area contributed by atoms with Crippen LogP contribution in [0.3, 0.4) is 0 Å². The largest absolute Gasteiger partial charge is 0.332 e. The molecule has 0 saturated heterocycles. The zero-order chi connectivity index (χ0) is 19.7. The highest BCUT2D eigenvalue weighted by atomic mass is 35.5. The maximum atomic E-state index is 13.0. The van der Waals surface area contributed by atoms with Crippen molar-refractivity contribution in [1.29, 1.82) is 0 Å². The Labute approximate surface area is 164 Å². The van der Waals surface area contributed by atoms with E-state index >= 15 is 0 Å². The van der Waals surface area contributed by atoms with Gasteiger partial charge in [-0.05, 0) is 48.9 Å². The topological polar surface area (TPSA) is 82.7 Å². The molecule has 7 nitrogen and oxygen atoms in total. The maximum Gasteiger partial charge on any atom is 0.332 e. The summed E-state index contributed by atoms with van der Waals surface area (Å²) in [6.45, 7) is 2.38. The van der Waals surface area contributed by atoms with Crippen LogP contribution in [0.4, 0.5) is 0 Å². The second-order valence-electron chi connectivity index (χ2n) is 6.21. The van der Waals surface area contributed by atoms with Gasteiger partial charge in [-0.1, -0.05) is 11.6 Å². The number of nitrogens with zero attached hydrogens (tertiary/aromatic N) is 5. The summed E-state index contributed by atoms with van der Waals surface area (Å²) in [5.74, 6) is 0.428. The van der Waals surface area contributed by atoms with E-state index in [1.54, 1.807) is 48.8 Å². The second kappa shape index (κ2) is 7.36. The molecule has 0 aliphatic carbocycles. The van der Waals surface area contributed by atoms with Crippen LogP contribution in [0.5, 0.6) is 0 Å². The van der Waals surface area contributed by atoms with Crippen molar-refractivity contribution < 1.29 is 0 Å². The van der Waals surface area contributed by atoms with E-state index in [1.807, 2.05) is 6.92 Å². The molecule has 0 bridgehead atoms. The summed E-state index contributed by atoms with van der Waals surface area (Å²) in [6, 6.07) is 10.6. The Bertz CT molecular complexity index is 1260. The van der Waals surface area contributed by atoms with Crippen LogP contribution in [0.1, 0.15) is 12.5 Å². The molecule has 0 saturated carbocycles. The van der Waals surface area contributed by atoms with Gasteiger partial charge in [0.25, 0.3) is 5.56 Å². The zero-order valence-corrected chi connectivity index (χ0v) is 15.8. The Morgan fingerprint density at radius 2 is 1.71 bits per heavy atom. The van der Waals surface area contributed by atoms with Crippen LogP contribution in [0.15, 0.2) is 64.6 Å². The quantitative estimate of drug-likeness (QED) is 0.532. The van der Waals surface area contributed by atoms with E-state index in [0.29, 0.717) is 28.4 Å². The lowest BCUT2D eigenvalue weighted by molar-refractivity contribution is 0.618. The SMILES string of the molecule is CCn1c(=O)n(Cc2ccncc2)c(=O)c2cnc(-c3ccc(Cl)cc3)nc21. The summed E-state index contributed by atoms with van der Waals surface area (Å²) in [6.07, 6.45) is 4.73. The molecule has 0 aliphatic heterocycles. The Balaban J connectivity index is 1.91. The van der Waals surface area contributed by atoms with Crippen molar-refractivity contribution in [2.45, 2.75) is 20.0 Å². The maximum absolute atomic E-state index is 13.0. The first-order valence-corrected chi connectivity index (χ1v) is 9.11. The first-order valence-electron chi connectivity index (χ1n) is 8.73. The molecule has 140 valence electrons. The summed E-state index contributed by atoms with van der Waals surface area (Å²) in [7, 11) is 0. The smallest absolute Gasteiger partial charge is 0.277 e. The number of aryl methyl sites for hydroxylation is 1. The monoisotopic (exact) mass is 393 g/mol. The number of aromatic nitrogens is 5. The van der Waals surface area contributed by atoms with Gasteiger partial charge in [-0.2, -0.15) is 0 Å². The van der Waals surface area contributed by atoms with Gasteiger partial charge in [-0.25, -0.2) is 14.8 Å². The summed E-state index contributed by atoms with van der Waals surface area (Å²) >= 11 is 5.93. The highest BCUT2D eigenvalue weighted by Gasteiger charge is 2.15. The van der Waals surface area contributed by atoms with Crippen LogP contribution in [0.2, 0.25) is 5.02 Å². The van der Waals surface area contributed by atoms with Crippen molar-refractivity contribution >= 4 is 22.6 Å². The molecule has 0 amide bonds. The Morgan fingerprint density at radius 3 is 2.39 bits per heavy atom. The number of hydrogen-bond acceptors (Lipinski definition) is 5. The number of hydrogen-bond donors (Lipinski definition) is 0. The van der Waals surface area contributed by atoms with Gasteiger partial charge in [0.2, 0.25) is 0 Å². The third-order valence-corrected chi connectivity index (χ3v) is 4.72. The van der Waals surface area contributed by atoms with Gasteiger partial charge >= 0.3 is 5.69 Å². The Hall–Kier alpha value is -3.32. The minimum atomic E-state index is -0.413. The van der Waals surface area contributed by atoms with Crippen molar-refractivity contribution in [2.75, 3.05) is 0 Å². The number of benzene rings is 1. The lowest BCUT2D eigenvalue weighted by Gasteiger charge is -2.12. The molecule has 28 heavy (non-hydrogen) atoms. The minimum Gasteiger partial charge on any atom is -0.277 e. The molecule has 4 rings (SSSR count). The van der Waals surface area contributed by atoms with Gasteiger partial charge in [-0.15, -0.1) is 0 Å². The van der Waals surface area contributed by atoms with Crippen molar-refractivity contribution in [1.82, 2.24) is 24.1 Å². The normalized spacial score (nSPS) is 11.1. The molecule has 0 aliphatic rings. The highest BCUT2D eigenvalue weighted by molar-refractivity contribution is 6.30. The molecular formula is C20H16ClN5O2. The van der Waals surface area contributed by atoms with Crippen molar-refractivity contribution in [3.8, 4) is 11.4 Å². The third kappa shape index (κ3) is 3.20. The first kappa shape index (κ1) is 18.1. The first-order chi connectivity index (χ1) is 13.6. The predicted molar refractivity (Wildman–Crippen MR) is 108 cm³/mol. The Morgan fingerprint density at radius 1 is 1.00 bits per heavy atom. The molecule has 0 radical (unpaired) electrons. The molecule has 0 N–H and O–H groups in total. The van der Waals surface area contributed by atoms with E-state index in [4.69, 9.17) is 11.6 Å². The standard InChI is InChI=1S/C20H16ClN5O2/c1-2-25-18-16(11-23-17(24-18)14-3-5-15(21)6-4-14)19(27)26(20(25)28)12-13-7-9-22-10-8-13/h3-11H,2,12H2,1H3. The van der Waals surface area contributed by atoms with Crippen LogP contribution in [0, 0.1) is 0 Å². The molecule has 3 aromatic heterocycles. The van der Waals surface area contributed by atoms with E-state index in [9.17, 15) is 9.59 Å². The van der Waals surface area contributed by atoms with E-state index in [0.717, 1.165) is 11.1 Å². The van der Waals surface area contributed by atoms with Gasteiger partial charge in [-0.3, -0.25) is 18.9 Å². The van der Waals surface area contributed by atoms with E-state index < -0.39 is 11.2 Å². The fraction of sp³-hybridized carbons (Fsp3) is 0.150. The molecule has 3 heterocycles. The molecular weight excluding hydrogens is 378 g/mol. The number of fused-ring (bicyclic) bond motifs is 1. The predicted octanol–water partition coefficient (Wildman–Crippen LogP) is 2.74. The van der Waals surface area contributed by atoms with E-state index in [2.05, 4.69) is 15.0 Å².